The second-order valence-corrected chi connectivity index (χ2v) is 5.97. The summed E-state index contributed by atoms with van der Waals surface area (Å²) in [5.41, 5.74) is 3.21. The molecule has 0 atom stereocenters. The van der Waals surface area contributed by atoms with Crippen LogP contribution in [0.15, 0.2) is 73.1 Å². The number of halogens is 1. The summed E-state index contributed by atoms with van der Waals surface area (Å²) in [6.07, 6.45) is 1.43. The van der Waals surface area contributed by atoms with Crippen molar-refractivity contribution < 1.29 is 9.18 Å². The Morgan fingerprint density at radius 3 is 2.63 bits per heavy atom. The predicted molar refractivity (Wildman–Crippen MR) is 100 cm³/mol. The van der Waals surface area contributed by atoms with E-state index in [0.29, 0.717) is 17.1 Å². The fourth-order valence-corrected chi connectivity index (χ4v) is 2.73. The predicted octanol–water partition coefficient (Wildman–Crippen LogP) is 3.76. The number of para-hydroxylation sites is 1. The Morgan fingerprint density at radius 2 is 1.78 bits per heavy atom. The van der Waals surface area contributed by atoms with Gasteiger partial charge >= 0.3 is 0 Å². The first-order valence-electron chi connectivity index (χ1n) is 8.40. The highest BCUT2D eigenvalue weighted by atomic mass is 19.1. The second kappa shape index (κ2) is 7.29. The number of nitrogens with zero attached hydrogens (tertiary/aromatic N) is 3. The molecule has 2 aromatic heterocycles. The van der Waals surface area contributed by atoms with Gasteiger partial charge in [0.1, 0.15) is 17.8 Å². The zero-order chi connectivity index (χ0) is 18.6. The van der Waals surface area contributed by atoms with Crippen molar-refractivity contribution in [1.29, 1.82) is 0 Å². The zero-order valence-electron chi connectivity index (χ0n) is 14.3. The SMILES string of the molecule is O=C(NCc1cc(-c2ccc(F)cc2)ncn1)c1ccc2ccccc2n1. The number of fused-ring (bicyclic) bond motifs is 1. The molecule has 2 aromatic carbocycles. The highest BCUT2D eigenvalue weighted by Gasteiger charge is 2.09. The van der Waals surface area contributed by atoms with Gasteiger partial charge in [-0.1, -0.05) is 24.3 Å². The standard InChI is InChI=1S/C21H15FN4O/c22-16-8-5-15(6-9-16)20-11-17(24-13-25-20)12-23-21(27)19-10-7-14-3-1-2-4-18(14)26-19/h1-11,13H,12H2,(H,23,27). The van der Waals surface area contributed by atoms with E-state index in [2.05, 4.69) is 20.3 Å². The molecule has 0 aliphatic heterocycles. The highest BCUT2D eigenvalue weighted by molar-refractivity contribution is 5.94. The summed E-state index contributed by atoms with van der Waals surface area (Å²) in [7, 11) is 0. The van der Waals surface area contributed by atoms with E-state index < -0.39 is 0 Å². The number of amides is 1. The van der Waals surface area contributed by atoms with Crippen LogP contribution in [0.4, 0.5) is 4.39 Å². The van der Waals surface area contributed by atoms with Gasteiger partial charge in [-0.15, -0.1) is 0 Å². The topological polar surface area (TPSA) is 67.8 Å². The summed E-state index contributed by atoms with van der Waals surface area (Å²) < 4.78 is 13.1. The summed E-state index contributed by atoms with van der Waals surface area (Å²) in [5.74, 6) is -0.578. The number of carbonyl (C=O) groups excluding carboxylic acids is 1. The van der Waals surface area contributed by atoms with Crippen LogP contribution in [0.5, 0.6) is 0 Å². The molecule has 4 rings (SSSR count). The van der Waals surface area contributed by atoms with Gasteiger partial charge in [-0.05, 0) is 42.5 Å². The Labute approximate surface area is 154 Å². The van der Waals surface area contributed by atoms with Gasteiger partial charge in [-0.3, -0.25) is 4.79 Å². The average Bonchev–Trinajstić information content (AvgIpc) is 2.72. The summed E-state index contributed by atoms with van der Waals surface area (Å²) in [4.78, 5) is 25.2. The number of benzene rings is 2. The van der Waals surface area contributed by atoms with E-state index in [1.807, 2.05) is 30.3 Å². The molecule has 132 valence electrons. The van der Waals surface area contributed by atoms with Crippen LogP contribution in [-0.4, -0.2) is 20.9 Å². The van der Waals surface area contributed by atoms with E-state index in [4.69, 9.17) is 0 Å². The lowest BCUT2D eigenvalue weighted by atomic mass is 10.1. The Morgan fingerprint density at radius 1 is 0.963 bits per heavy atom. The Bertz CT molecular complexity index is 1110. The van der Waals surface area contributed by atoms with Crippen molar-refractivity contribution in [2.45, 2.75) is 6.54 Å². The summed E-state index contributed by atoms with van der Waals surface area (Å²) in [5, 5.41) is 3.80. The van der Waals surface area contributed by atoms with Crippen LogP contribution in [0.25, 0.3) is 22.2 Å². The molecule has 0 aliphatic carbocycles. The fraction of sp³-hybridized carbons (Fsp3) is 0.0476. The van der Waals surface area contributed by atoms with E-state index in [9.17, 15) is 9.18 Å². The highest BCUT2D eigenvalue weighted by Crippen LogP contribution is 2.17. The number of carbonyl (C=O) groups is 1. The smallest absolute Gasteiger partial charge is 0.270 e. The lowest BCUT2D eigenvalue weighted by Crippen LogP contribution is -2.24. The second-order valence-electron chi connectivity index (χ2n) is 5.97. The van der Waals surface area contributed by atoms with Crippen molar-refractivity contribution in [3.05, 3.63) is 90.3 Å². The van der Waals surface area contributed by atoms with Crippen LogP contribution >= 0.6 is 0 Å². The maximum absolute atomic E-state index is 13.1. The average molecular weight is 358 g/mol. The summed E-state index contributed by atoms with van der Waals surface area (Å²) in [6.45, 7) is 0.240. The molecule has 1 N–H and O–H groups in total. The van der Waals surface area contributed by atoms with Crippen molar-refractivity contribution in [3.63, 3.8) is 0 Å². The number of pyridine rings is 1. The fourth-order valence-electron chi connectivity index (χ4n) is 2.73. The minimum atomic E-state index is -0.303. The van der Waals surface area contributed by atoms with Gasteiger partial charge in [0, 0.05) is 10.9 Å². The molecule has 5 nitrogen and oxygen atoms in total. The maximum Gasteiger partial charge on any atom is 0.270 e. The number of hydrogen-bond acceptors (Lipinski definition) is 4. The lowest BCUT2D eigenvalue weighted by molar-refractivity contribution is 0.0946. The van der Waals surface area contributed by atoms with Gasteiger partial charge in [0.05, 0.1) is 23.4 Å². The number of hydrogen-bond donors (Lipinski definition) is 1. The molecule has 0 unspecified atom stereocenters. The molecule has 0 radical (unpaired) electrons. The monoisotopic (exact) mass is 358 g/mol. The number of aromatic nitrogens is 3. The summed E-state index contributed by atoms with van der Waals surface area (Å²) in [6, 6.07) is 19.0. The minimum absolute atomic E-state index is 0.240. The van der Waals surface area contributed by atoms with Gasteiger partial charge in [0.2, 0.25) is 0 Å². The first-order chi connectivity index (χ1) is 13.2. The molecule has 1 amide bonds. The van der Waals surface area contributed by atoms with Crippen molar-refractivity contribution in [3.8, 4) is 11.3 Å². The molecule has 4 aromatic rings. The van der Waals surface area contributed by atoms with Gasteiger partial charge in [0.15, 0.2) is 0 Å². The first-order valence-corrected chi connectivity index (χ1v) is 8.40. The van der Waals surface area contributed by atoms with Crippen LogP contribution in [0, 0.1) is 5.82 Å². The molecule has 0 saturated carbocycles. The first kappa shape index (κ1) is 16.8. The Balaban J connectivity index is 1.48. The zero-order valence-corrected chi connectivity index (χ0v) is 14.3. The number of rotatable bonds is 4. The molecule has 2 heterocycles. The van der Waals surface area contributed by atoms with Gasteiger partial charge < -0.3 is 5.32 Å². The van der Waals surface area contributed by atoms with Crippen molar-refractivity contribution in [1.82, 2.24) is 20.3 Å². The molecule has 6 heteroatoms. The van der Waals surface area contributed by atoms with Crippen LogP contribution in [0.3, 0.4) is 0 Å². The van der Waals surface area contributed by atoms with E-state index in [-0.39, 0.29) is 18.3 Å². The largest absolute Gasteiger partial charge is 0.345 e. The molecule has 27 heavy (non-hydrogen) atoms. The normalized spacial score (nSPS) is 10.7. The Kier molecular flexibility index (Phi) is 4.53. The van der Waals surface area contributed by atoms with Crippen LogP contribution in [0.2, 0.25) is 0 Å². The molecule has 0 bridgehead atoms. The van der Waals surface area contributed by atoms with E-state index >= 15 is 0 Å². The molecule has 0 aliphatic rings. The third-order valence-electron chi connectivity index (χ3n) is 4.12. The van der Waals surface area contributed by atoms with Crippen LogP contribution in [-0.2, 0) is 6.54 Å². The van der Waals surface area contributed by atoms with Gasteiger partial charge in [-0.2, -0.15) is 0 Å². The van der Waals surface area contributed by atoms with Crippen molar-refractivity contribution in [2.24, 2.45) is 0 Å². The minimum Gasteiger partial charge on any atom is -0.345 e. The maximum atomic E-state index is 13.1. The quantitative estimate of drug-likeness (QED) is 0.603. The van der Waals surface area contributed by atoms with Crippen LogP contribution in [0.1, 0.15) is 16.2 Å². The van der Waals surface area contributed by atoms with E-state index in [0.717, 1.165) is 16.5 Å². The third-order valence-corrected chi connectivity index (χ3v) is 4.12. The molecule has 0 saturated heterocycles. The Hall–Kier alpha value is -3.67. The van der Waals surface area contributed by atoms with Crippen molar-refractivity contribution in [2.75, 3.05) is 0 Å². The molecule has 0 fully saturated rings. The van der Waals surface area contributed by atoms with Crippen molar-refractivity contribution >= 4 is 16.8 Å². The van der Waals surface area contributed by atoms with Gasteiger partial charge in [0.25, 0.3) is 5.91 Å². The molecular weight excluding hydrogens is 343 g/mol. The number of nitrogens with one attached hydrogen (secondary N) is 1. The molecule has 0 spiro atoms. The van der Waals surface area contributed by atoms with Crippen LogP contribution < -0.4 is 5.32 Å². The molecular formula is C21H15FN4O. The van der Waals surface area contributed by atoms with E-state index in [1.54, 1.807) is 24.3 Å². The third kappa shape index (κ3) is 3.79. The van der Waals surface area contributed by atoms with Gasteiger partial charge in [-0.25, -0.2) is 19.3 Å². The lowest BCUT2D eigenvalue weighted by Gasteiger charge is -2.07. The summed E-state index contributed by atoms with van der Waals surface area (Å²) >= 11 is 0. The van der Waals surface area contributed by atoms with E-state index in [1.165, 1.54) is 18.5 Å².